The average molecular weight is 336 g/mol. The summed E-state index contributed by atoms with van der Waals surface area (Å²) in [5.74, 6) is 0.640. The van der Waals surface area contributed by atoms with E-state index >= 15 is 0 Å². The van der Waals surface area contributed by atoms with Crippen LogP contribution in [0, 0.1) is 5.92 Å². The lowest BCUT2D eigenvalue weighted by atomic mass is 9.97. The molecule has 3 rings (SSSR count). The summed E-state index contributed by atoms with van der Waals surface area (Å²) in [5.41, 5.74) is 6.16. The van der Waals surface area contributed by atoms with Crippen LogP contribution in [-0.2, 0) is 14.8 Å². The normalized spacial score (nSPS) is 22.0. The minimum atomic E-state index is -3.56. The molecule has 0 bridgehead atoms. The second-order valence-electron chi connectivity index (χ2n) is 5.83. The zero-order valence-electron chi connectivity index (χ0n) is 12.7. The van der Waals surface area contributed by atoms with E-state index in [4.69, 9.17) is 5.73 Å². The van der Waals surface area contributed by atoms with Crippen molar-refractivity contribution in [1.82, 2.24) is 9.62 Å². The fourth-order valence-electron chi connectivity index (χ4n) is 2.92. The number of piperidine rings is 1. The van der Waals surface area contributed by atoms with E-state index in [1.807, 2.05) is 0 Å². The summed E-state index contributed by atoms with van der Waals surface area (Å²) < 4.78 is 26.4. The highest BCUT2D eigenvalue weighted by Crippen LogP contribution is 2.22. The van der Waals surface area contributed by atoms with Crippen LogP contribution in [0.3, 0.4) is 0 Å². The Morgan fingerprint density at radius 3 is 2.70 bits per heavy atom. The number of carbonyl (C=O) groups is 1. The van der Waals surface area contributed by atoms with Gasteiger partial charge in [0.25, 0.3) is 10.0 Å². The molecule has 0 atom stereocenters. The third-order valence-corrected chi connectivity index (χ3v) is 5.73. The molecular formula is C15H20N4O3S. The summed E-state index contributed by atoms with van der Waals surface area (Å²) in [4.78, 5) is 18.4. The predicted molar refractivity (Wildman–Crippen MR) is 86.5 cm³/mol. The number of fused-ring (bicyclic) bond motifs is 1. The third-order valence-electron chi connectivity index (χ3n) is 4.34. The molecule has 0 spiro atoms. The van der Waals surface area contributed by atoms with E-state index in [-0.39, 0.29) is 23.2 Å². The number of amides is 1. The second-order valence-corrected chi connectivity index (χ2v) is 7.48. The highest BCUT2D eigenvalue weighted by Gasteiger charge is 2.30. The Balaban J connectivity index is 1.69. The van der Waals surface area contributed by atoms with E-state index in [0.717, 1.165) is 12.8 Å². The average Bonchev–Trinajstić information content (AvgIpc) is 2.84. The molecule has 0 unspecified atom stereocenters. The third kappa shape index (κ3) is 3.23. The van der Waals surface area contributed by atoms with Crippen LogP contribution in [0.1, 0.15) is 18.4 Å². The van der Waals surface area contributed by atoms with Gasteiger partial charge in [-0.3, -0.25) is 14.5 Å². The summed E-state index contributed by atoms with van der Waals surface area (Å²) in [6.07, 6.45) is 1.82. The van der Waals surface area contributed by atoms with Gasteiger partial charge >= 0.3 is 0 Å². The van der Waals surface area contributed by atoms with E-state index in [9.17, 15) is 13.2 Å². The SMILES string of the molecule is NCC1CCN(C(=O)CN=C2NS(=O)(=O)c3ccccc32)CC1. The zero-order chi connectivity index (χ0) is 16.4. The largest absolute Gasteiger partial charge is 0.341 e. The van der Waals surface area contributed by atoms with Crippen molar-refractivity contribution in [3.8, 4) is 0 Å². The van der Waals surface area contributed by atoms with Gasteiger partial charge in [0.2, 0.25) is 5.91 Å². The number of amidine groups is 1. The molecule has 2 heterocycles. The number of nitrogens with one attached hydrogen (secondary N) is 1. The van der Waals surface area contributed by atoms with Crippen LogP contribution >= 0.6 is 0 Å². The number of likely N-dealkylation sites (tertiary alicyclic amines) is 1. The highest BCUT2D eigenvalue weighted by molar-refractivity contribution is 7.90. The molecule has 3 N–H and O–H groups in total. The minimum Gasteiger partial charge on any atom is -0.341 e. The van der Waals surface area contributed by atoms with E-state index in [2.05, 4.69) is 9.71 Å². The van der Waals surface area contributed by atoms with Crippen LogP contribution in [-0.4, -0.2) is 51.2 Å². The van der Waals surface area contributed by atoms with Crippen LogP contribution < -0.4 is 10.5 Å². The van der Waals surface area contributed by atoms with Crippen LogP contribution in [0.4, 0.5) is 0 Å². The molecule has 1 fully saturated rings. The summed E-state index contributed by atoms with van der Waals surface area (Å²) in [7, 11) is -3.56. The Labute approximate surface area is 135 Å². The van der Waals surface area contributed by atoms with Crippen molar-refractivity contribution in [1.29, 1.82) is 0 Å². The molecule has 7 nitrogen and oxygen atoms in total. The van der Waals surface area contributed by atoms with Crippen molar-refractivity contribution < 1.29 is 13.2 Å². The minimum absolute atomic E-state index is 0.0561. The molecule has 0 radical (unpaired) electrons. The van der Waals surface area contributed by atoms with Crippen molar-refractivity contribution in [3.05, 3.63) is 29.8 Å². The van der Waals surface area contributed by atoms with E-state index in [0.29, 0.717) is 31.1 Å². The van der Waals surface area contributed by atoms with Gasteiger partial charge in [-0.15, -0.1) is 0 Å². The van der Waals surface area contributed by atoms with Gasteiger partial charge in [0, 0.05) is 18.7 Å². The number of carbonyl (C=O) groups excluding carboxylic acids is 1. The summed E-state index contributed by atoms with van der Waals surface area (Å²) in [5, 5.41) is 0. The quantitative estimate of drug-likeness (QED) is 0.805. The molecule has 0 aliphatic carbocycles. The zero-order valence-corrected chi connectivity index (χ0v) is 13.6. The second kappa shape index (κ2) is 6.29. The Morgan fingerprint density at radius 2 is 2.00 bits per heavy atom. The summed E-state index contributed by atoms with van der Waals surface area (Å²) in [6.45, 7) is 1.98. The van der Waals surface area contributed by atoms with E-state index in [1.165, 1.54) is 6.07 Å². The molecule has 2 aliphatic heterocycles. The molecular weight excluding hydrogens is 316 g/mol. The topological polar surface area (TPSA) is 105 Å². The molecule has 124 valence electrons. The molecule has 2 aliphatic rings. The van der Waals surface area contributed by atoms with Crippen molar-refractivity contribution in [2.75, 3.05) is 26.2 Å². The molecule has 0 aromatic heterocycles. The molecule has 8 heteroatoms. The van der Waals surface area contributed by atoms with Gasteiger partial charge in [0.1, 0.15) is 12.4 Å². The maximum atomic E-state index is 12.2. The smallest absolute Gasteiger partial charge is 0.263 e. The first-order valence-electron chi connectivity index (χ1n) is 7.66. The van der Waals surface area contributed by atoms with Gasteiger partial charge in [0.15, 0.2) is 0 Å². The number of hydrogen-bond acceptors (Lipinski definition) is 5. The number of rotatable bonds is 3. The molecule has 1 saturated heterocycles. The van der Waals surface area contributed by atoms with E-state index < -0.39 is 10.0 Å². The van der Waals surface area contributed by atoms with Crippen LogP contribution in [0.5, 0.6) is 0 Å². The lowest BCUT2D eigenvalue weighted by Gasteiger charge is -2.31. The van der Waals surface area contributed by atoms with Crippen molar-refractivity contribution in [2.45, 2.75) is 17.7 Å². The fourth-order valence-corrected chi connectivity index (χ4v) is 4.17. The van der Waals surface area contributed by atoms with Crippen LogP contribution in [0.2, 0.25) is 0 Å². The highest BCUT2D eigenvalue weighted by atomic mass is 32.2. The lowest BCUT2D eigenvalue weighted by molar-refractivity contribution is -0.130. The van der Waals surface area contributed by atoms with Gasteiger partial charge in [0.05, 0.1) is 4.90 Å². The monoisotopic (exact) mass is 336 g/mol. The van der Waals surface area contributed by atoms with Crippen molar-refractivity contribution in [2.24, 2.45) is 16.6 Å². The van der Waals surface area contributed by atoms with Gasteiger partial charge < -0.3 is 10.6 Å². The Hall–Kier alpha value is -1.93. The van der Waals surface area contributed by atoms with Gasteiger partial charge in [-0.2, -0.15) is 0 Å². The Morgan fingerprint density at radius 1 is 1.30 bits per heavy atom. The van der Waals surface area contributed by atoms with Crippen LogP contribution in [0.25, 0.3) is 0 Å². The molecule has 1 aromatic rings. The summed E-state index contributed by atoms with van der Waals surface area (Å²) in [6, 6.07) is 6.62. The van der Waals surface area contributed by atoms with Gasteiger partial charge in [-0.25, -0.2) is 8.42 Å². The number of sulfonamides is 1. The van der Waals surface area contributed by atoms with Gasteiger partial charge in [-0.1, -0.05) is 12.1 Å². The maximum Gasteiger partial charge on any atom is 0.263 e. The fraction of sp³-hybridized carbons (Fsp3) is 0.467. The van der Waals surface area contributed by atoms with E-state index in [1.54, 1.807) is 23.1 Å². The standard InChI is InChI=1S/C15H20N4O3S/c16-9-11-5-7-19(8-6-11)14(20)10-17-15-12-3-1-2-4-13(12)23(21,22)18-15/h1-4,11H,5-10,16H2,(H,17,18). The van der Waals surface area contributed by atoms with Crippen molar-refractivity contribution >= 4 is 21.8 Å². The lowest BCUT2D eigenvalue weighted by Crippen LogP contribution is -2.41. The van der Waals surface area contributed by atoms with Crippen molar-refractivity contribution in [3.63, 3.8) is 0 Å². The van der Waals surface area contributed by atoms with Gasteiger partial charge in [-0.05, 0) is 37.4 Å². The predicted octanol–water partition coefficient (Wildman–Crippen LogP) is -0.0776. The Bertz CT molecular complexity index is 737. The molecule has 1 aromatic carbocycles. The number of aliphatic imine (C=N–C) groups is 1. The number of nitrogens with zero attached hydrogens (tertiary/aromatic N) is 2. The van der Waals surface area contributed by atoms with Crippen LogP contribution in [0.15, 0.2) is 34.2 Å². The number of benzene rings is 1. The maximum absolute atomic E-state index is 12.2. The first-order chi connectivity index (χ1) is 11.0. The molecule has 1 amide bonds. The number of hydrogen-bond donors (Lipinski definition) is 2. The molecule has 0 saturated carbocycles. The summed E-state index contributed by atoms with van der Waals surface area (Å²) >= 11 is 0. The number of nitrogens with two attached hydrogens (primary N) is 1. The molecule has 23 heavy (non-hydrogen) atoms. The Kier molecular flexibility index (Phi) is 4.36. The first kappa shape index (κ1) is 15.9. The first-order valence-corrected chi connectivity index (χ1v) is 9.14.